The maximum absolute atomic E-state index is 5.51. The summed E-state index contributed by atoms with van der Waals surface area (Å²) < 4.78 is 2.46. The Hall–Kier alpha value is -1.75. The van der Waals surface area contributed by atoms with Crippen molar-refractivity contribution in [2.75, 3.05) is 18.0 Å². The van der Waals surface area contributed by atoms with E-state index >= 15 is 0 Å². The standard InChI is InChI=1S/C17H24N4S/c1-5-10-20(11-6-2)16-18-12-21(17(22)19-16)15-13(3)8-7-9-14(15)4/h7-9,12H,5-6,10-11H2,1-4H3. The Kier molecular flexibility index (Phi) is 5.66. The predicted molar refractivity (Wildman–Crippen MR) is 94.5 cm³/mol. The van der Waals surface area contributed by atoms with Crippen LogP contribution in [0.3, 0.4) is 0 Å². The lowest BCUT2D eigenvalue weighted by molar-refractivity contribution is 0.709. The molecule has 2 aromatic rings. The molecule has 0 atom stereocenters. The van der Waals surface area contributed by atoms with Gasteiger partial charge in [0.2, 0.25) is 10.7 Å². The van der Waals surface area contributed by atoms with E-state index in [0.29, 0.717) is 4.77 Å². The Morgan fingerprint density at radius 3 is 2.18 bits per heavy atom. The van der Waals surface area contributed by atoms with E-state index in [9.17, 15) is 0 Å². The van der Waals surface area contributed by atoms with Gasteiger partial charge in [-0.1, -0.05) is 32.0 Å². The molecule has 0 aliphatic carbocycles. The molecule has 0 fully saturated rings. The first-order valence-corrected chi connectivity index (χ1v) is 8.26. The molecule has 0 saturated carbocycles. The van der Waals surface area contributed by atoms with E-state index in [0.717, 1.165) is 37.6 Å². The van der Waals surface area contributed by atoms with Gasteiger partial charge >= 0.3 is 0 Å². The number of aryl methyl sites for hydroxylation is 2. The van der Waals surface area contributed by atoms with Crippen molar-refractivity contribution in [3.05, 3.63) is 40.4 Å². The predicted octanol–water partition coefficient (Wildman–Crippen LogP) is 4.24. The molecule has 22 heavy (non-hydrogen) atoms. The fourth-order valence-corrected chi connectivity index (χ4v) is 2.89. The Labute approximate surface area is 137 Å². The van der Waals surface area contributed by atoms with Gasteiger partial charge in [0.1, 0.15) is 6.33 Å². The summed E-state index contributed by atoms with van der Waals surface area (Å²) in [5.74, 6) is 0.733. The van der Waals surface area contributed by atoms with Crippen molar-refractivity contribution in [1.82, 2.24) is 14.5 Å². The third-order valence-corrected chi connectivity index (χ3v) is 3.93. The van der Waals surface area contributed by atoms with E-state index in [2.05, 4.69) is 60.8 Å². The van der Waals surface area contributed by atoms with E-state index in [1.807, 2.05) is 4.57 Å². The zero-order valence-electron chi connectivity index (χ0n) is 13.8. The van der Waals surface area contributed by atoms with Crippen LogP contribution in [-0.2, 0) is 0 Å². The monoisotopic (exact) mass is 316 g/mol. The highest BCUT2D eigenvalue weighted by atomic mass is 32.1. The molecule has 0 aliphatic rings. The summed E-state index contributed by atoms with van der Waals surface area (Å²) in [5, 5.41) is 0. The van der Waals surface area contributed by atoms with Gasteiger partial charge in [-0.15, -0.1) is 0 Å². The Morgan fingerprint density at radius 2 is 1.68 bits per heavy atom. The van der Waals surface area contributed by atoms with E-state index in [4.69, 9.17) is 12.2 Å². The molecule has 0 spiro atoms. The first-order chi connectivity index (χ1) is 10.6. The number of anilines is 1. The van der Waals surface area contributed by atoms with E-state index < -0.39 is 0 Å². The summed E-state index contributed by atoms with van der Waals surface area (Å²) >= 11 is 5.51. The molecule has 0 aliphatic heterocycles. The molecule has 0 saturated heterocycles. The maximum atomic E-state index is 5.51. The van der Waals surface area contributed by atoms with E-state index in [1.165, 1.54) is 11.1 Å². The molecule has 4 nitrogen and oxygen atoms in total. The normalized spacial score (nSPS) is 10.7. The lowest BCUT2D eigenvalue weighted by Crippen LogP contribution is -2.27. The van der Waals surface area contributed by atoms with Crippen LogP contribution in [0.15, 0.2) is 24.5 Å². The van der Waals surface area contributed by atoms with Crippen molar-refractivity contribution >= 4 is 18.2 Å². The molecule has 0 bridgehead atoms. The highest BCUT2D eigenvalue weighted by Crippen LogP contribution is 2.19. The van der Waals surface area contributed by atoms with Crippen molar-refractivity contribution < 1.29 is 0 Å². The quantitative estimate of drug-likeness (QED) is 0.747. The lowest BCUT2D eigenvalue weighted by atomic mass is 10.1. The molecule has 1 aromatic carbocycles. The third-order valence-electron chi connectivity index (χ3n) is 3.64. The summed E-state index contributed by atoms with van der Waals surface area (Å²) in [7, 11) is 0. The number of nitrogens with zero attached hydrogens (tertiary/aromatic N) is 4. The number of hydrogen-bond donors (Lipinski definition) is 0. The SMILES string of the molecule is CCCN(CCC)c1ncn(-c2c(C)cccc2C)c(=S)n1. The first-order valence-electron chi connectivity index (χ1n) is 7.85. The van der Waals surface area contributed by atoms with Crippen LogP contribution >= 0.6 is 12.2 Å². The average Bonchev–Trinajstić information content (AvgIpc) is 2.48. The molecule has 0 N–H and O–H groups in total. The van der Waals surface area contributed by atoms with Crippen LogP contribution in [0.2, 0.25) is 0 Å². The number of hydrogen-bond acceptors (Lipinski definition) is 4. The fraction of sp³-hybridized carbons (Fsp3) is 0.471. The van der Waals surface area contributed by atoms with Gasteiger partial charge < -0.3 is 4.90 Å². The smallest absolute Gasteiger partial charge is 0.229 e. The van der Waals surface area contributed by atoms with Crippen molar-refractivity contribution in [3.63, 3.8) is 0 Å². The molecule has 2 rings (SSSR count). The summed E-state index contributed by atoms with van der Waals surface area (Å²) in [6.45, 7) is 10.4. The summed E-state index contributed by atoms with van der Waals surface area (Å²) in [5.41, 5.74) is 3.43. The van der Waals surface area contributed by atoms with Gasteiger partial charge in [0.25, 0.3) is 0 Å². The molecule has 5 heteroatoms. The Balaban J connectivity index is 2.44. The summed E-state index contributed by atoms with van der Waals surface area (Å²) in [6.07, 6.45) is 3.95. The third kappa shape index (κ3) is 3.53. The second-order valence-electron chi connectivity index (χ2n) is 5.54. The minimum absolute atomic E-state index is 0.555. The topological polar surface area (TPSA) is 34.0 Å². The minimum atomic E-state index is 0.555. The van der Waals surface area contributed by atoms with Gasteiger partial charge in [0.05, 0.1) is 5.69 Å². The number of aromatic nitrogens is 3. The molecule has 1 aromatic heterocycles. The lowest BCUT2D eigenvalue weighted by Gasteiger charge is -2.22. The van der Waals surface area contributed by atoms with Crippen LogP contribution in [0, 0.1) is 18.6 Å². The molecule has 0 amide bonds. The van der Waals surface area contributed by atoms with Gasteiger partial charge in [0.15, 0.2) is 0 Å². The van der Waals surface area contributed by atoms with Crippen LogP contribution in [0.5, 0.6) is 0 Å². The number of rotatable bonds is 6. The Morgan fingerprint density at radius 1 is 1.09 bits per heavy atom. The molecule has 1 heterocycles. The highest BCUT2D eigenvalue weighted by molar-refractivity contribution is 7.71. The first kappa shape index (κ1) is 16.6. The van der Waals surface area contributed by atoms with E-state index in [-0.39, 0.29) is 0 Å². The van der Waals surface area contributed by atoms with Crippen molar-refractivity contribution in [2.45, 2.75) is 40.5 Å². The molecule has 118 valence electrons. The minimum Gasteiger partial charge on any atom is -0.341 e. The van der Waals surface area contributed by atoms with Crippen LogP contribution in [-0.4, -0.2) is 27.6 Å². The fourth-order valence-electron chi connectivity index (χ4n) is 2.67. The maximum Gasteiger partial charge on any atom is 0.229 e. The number of benzene rings is 1. The van der Waals surface area contributed by atoms with Crippen LogP contribution in [0.4, 0.5) is 5.95 Å². The number of para-hydroxylation sites is 1. The van der Waals surface area contributed by atoms with E-state index in [1.54, 1.807) is 6.33 Å². The molecular weight excluding hydrogens is 292 g/mol. The van der Waals surface area contributed by atoms with Crippen LogP contribution < -0.4 is 4.90 Å². The second-order valence-corrected chi connectivity index (χ2v) is 5.90. The molecule has 0 radical (unpaired) electrons. The van der Waals surface area contributed by atoms with Crippen molar-refractivity contribution in [2.24, 2.45) is 0 Å². The second kappa shape index (κ2) is 7.49. The average molecular weight is 316 g/mol. The Bertz CT molecular complexity index is 667. The summed E-state index contributed by atoms with van der Waals surface area (Å²) in [6, 6.07) is 6.22. The van der Waals surface area contributed by atoms with Gasteiger partial charge in [-0.2, -0.15) is 4.98 Å². The van der Waals surface area contributed by atoms with Crippen LogP contribution in [0.25, 0.3) is 5.69 Å². The van der Waals surface area contributed by atoms with Crippen molar-refractivity contribution in [1.29, 1.82) is 0 Å². The van der Waals surface area contributed by atoms with Gasteiger partial charge in [-0.3, -0.25) is 4.57 Å². The molecular formula is C17H24N4S. The molecule has 0 unspecified atom stereocenters. The highest BCUT2D eigenvalue weighted by Gasteiger charge is 2.11. The summed E-state index contributed by atoms with van der Waals surface area (Å²) in [4.78, 5) is 11.3. The zero-order valence-corrected chi connectivity index (χ0v) is 14.7. The van der Waals surface area contributed by atoms with Gasteiger partial charge in [-0.05, 0) is 50.0 Å². The largest absolute Gasteiger partial charge is 0.341 e. The van der Waals surface area contributed by atoms with Gasteiger partial charge in [0, 0.05) is 13.1 Å². The van der Waals surface area contributed by atoms with Gasteiger partial charge in [-0.25, -0.2) is 4.98 Å². The zero-order chi connectivity index (χ0) is 16.1. The van der Waals surface area contributed by atoms with Crippen molar-refractivity contribution in [3.8, 4) is 5.69 Å². The van der Waals surface area contributed by atoms with Crippen LogP contribution in [0.1, 0.15) is 37.8 Å².